The molecule has 2 aromatic carbocycles. The Kier molecular flexibility index (Phi) is 3.13. The van der Waals surface area contributed by atoms with Crippen LogP contribution in [0.25, 0.3) is 11.0 Å². The topological polar surface area (TPSA) is 22.4 Å². The molecule has 96 valence electrons. The molecule has 19 heavy (non-hydrogen) atoms. The molecule has 3 aromatic rings. The fraction of sp³-hybridized carbons (Fsp3) is 0.0667. The molecule has 1 heterocycles. The van der Waals surface area contributed by atoms with Crippen molar-refractivity contribution in [3.63, 3.8) is 0 Å². The Morgan fingerprint density at radius 1 is 1.11 bits per heavy atom. The molecule has 0 atom stereocenters. The van der Waals surface area contributed by atoms with Gasteiger partial charge in [0.15, 0.2) is 0 Å². The van der Waals surface area contributed by atoms with Crippen molar-refractivity contribution in [1.82, 2.24) is 0 Å². The summed E-state index contributed by atoms with van der Waals surface area (Å²) < 4.78 is 23.9. The van der Waals surface area contributed by atoms with Crippen LogP contribution in [-0.2, 0) is 6.61 Å². The smallest absolute Gasteiger partial charge is 0.146 e. The molecule has 0 saturated carbocycles. The van der Waals surface area contributed by atoms with Gasteiger partial charge in [0.05, 0.1) is 5.02 Å². The third-order valence-corrected chi connectivity index (χ3v) is 3.08. The molecule has 0 radical (unpaired) electrons. The summed E-state index contributed by atoms with van der Waals surface area (Å²) in [6.07, 6.45) is 0. The van der Waals surface area contributed by atoms with Crippen molar-refractivity contribution in [2.75, 3.05) is 0 Å². The fourth-order valence-corrected chi connectivity index (χ4v) is 2.05. The van der Waals surface area contributed by atoms with E-state index in [4.69, 9.17) is 20.8 Å². The third-order valence-electron chi connectivity index (χ3n) is 2.75. The highest BCUT2D eigenvalue weighted by Crippen LogP contribution is 2.27. The van der Waals surface area contributed by atoms with Crippen LogP contribution in [0, 0.1) is 5.82 Å². The minimum Gasteiger partial charge on any atom is -0.486 e. The summed E-state index contributed by atoms with van der Waals surface area (Å²) in [6, 6.07) is 13.2. The maximum absolute atomic E-state index is 12.7. The molecule has 0 amide bonds. The van der Waals surface area contributed by atoms with Crippen LogP contribution in [0.1, 0.15) is 5.76 Å². The van der Waals surface area contributed by atoms with Gasteiger partial charge in [0.25, 0.3) is 0 Å². The van der Waals surface area contributed by atoms with Crippen LogP contribution < -0.4 is 4.74 Å². The van der Waals surface area contributed by atoms with Crippen LogP contribution >= 0.6 is 11.6 Å². The van der Waals surface area contributed by atoms with Gasteiger partial charge in [-0.05, 0) is 42.5 Å². The minimum absolute atomic E-state index is 0.274. The van der Waals surface area contributed by atoms with Gasteiger partial charge in [0, 0.05) is 5.39 Å². The van der Waals surface area contributed by atoms with Crippen LogP contribution in [0.4, 0.5) is 4.39 Å². The zero-order valence-corrected chi connectivity index (χ0v) is 10.7. The molecule has 0 aliphatic carbocycles. The second-order valence-corrected chi connectivity index (χ2v) is 4.51. The van der Waals surface area contributed by atoms with E-state index in [1.165, 1.54) is 12.1 Å². The Balaban J connectivity index is 1.78. The van der Waals surface area contributed by atoms with Gasteiger partial charge in [-0.15, -0.1) is 0 Å². The van der Waals surface area contributed by atoms with E-state index < -0.39 is 0 Å². The molecule has 0 aliphatic heterocycles. The van der Waals surface area contributed by atoms with E-state index in [1.54, 1.807) is 12.1 Å². The largest absolute Gasteiger partial charge is 0.486 e. The molecule has 0 unspecified atom stereocenters. The molecule has 0 fully saturated rings. The first-order valence-corrected chi connectivity index (χ1v) is 6.15. The van der Waals surface area contributed by atoms with Gasteiger partial charge in [0.2, 0.25) is 0 Å². The Hall–Kier alpha value is -2.00. The monoisotopic (exact) mass is 276 g/mol. The molecule has 3 rings (SSSR count). The quantitative estimate of drug-likeness (QED) is 0.685. The van der Waals surface area contributed by atoms with E-state index in [0.717, 1.165) is 11.0 Å². The number of benzene rings is 2. The van der Waals surface area contributed by atoms with Crippen LogP contribution in [-0.4, -0.2) is 0 Å². The number of rotatable bonds is 3. The Labute approximate surface area is 114 Å². The van der Waals surface area contributed by atoms with E-state index in [2.05, 4.69) is 0 Å². The first-order valence-electron chi connectivity index (χ1n) is 5.78. The van der Waals surface area contributed by atoms with Gasteiger partial charge < -0.3 is 9.15 Å². The summed E-state index contributed by atoms with van der Waals surface area (Å²) in [5.41, 5.74) is 0.727. The third kappa shape index (κ3) is 2.56. The number of hydrogen-bond donors (Lipinski definition) is 0. The van der Waals surface area contributed by atoms with Gasteiger partial charge in [-0.2, -0.15) is 0 Å². The summed E-state index contributed by atoms with van der Waals surface area (Å²) in [6.45, 7) is 0.274. The molecular weight excluding hydrogens is 267 g/mol. The normalized spacial score (nSPS) is 10.8. The molecule has 4 heteroatoms. The minimum atomic E-state index is -0.289. The highest BCUT2D eigenvalue weighted by atomic mass is 35.5. The van der Waals surface area contributed by atoms with Gasteiger partial charge in [-0.3, -0.25) is 0 Å². The summed E-state index contributed by atoms with van der Waals surface area (Å²) in [7, 11) is 0. The zero-order chi connectivity index (χ0) is 13.2. The molecule has 0 spiro atoms. The van der Waals surface area contributed by atoms with Crippen LogP contribution in [0.2, 0.25) is 5.02 Å². The second kappa shape index (κ2) is 4.94. The molecule has 0 bridgehead atoms. The first-order chi connectivity index (χ1) is 9.22. The van der Waals surface area contributed by atoms with E-state index in [0.29, 0.717) is 16.5 Å². The molecule has 0 saturated heterocycles. The van der Waals surface area contributed by atoms with Crippen molar-refractivity contribution in [2.24, 2.45) is 0 Å². The molecular formula is C15H10ClFO2. The predicted octanol–water partition coefficient (Wildman–Crippen LogP) is 4.80. The van der Waals surface area contributed by atoms with Crippen molar-refractivity contribution in [1.29, 1.82) is 0 Å². The lowest BCUT2D eigenvalue weighted by atomic mass is 10.2. The predicted molar refractivity (Wildman–Crippen MR) is 72.0 cm³/mol. The number of ether oxygens (including phenoxy) is 1. The average molecular weight is 277 g/mol. The first kappa shape index (κ1) is 12.1. The van der Waals surface area contributed by atoms with Crippen molar-refractivity contribution < 1.29 is 13.5 Å². The molecule has 0 aliphatic rings. The van der Waals surface area contributed by atoms with E-state index in [9.17, 15) is 4.39 Å². The summed E-state index contributed by atoms with van der Waals surface area (Å²) >= 11 is 6.06. The lowest BCUT2D eigenvalue weighted by Crippen LogP contribution is -1.93. The molecule has 2 nitrogen and oxygen atoms in total. The Morgan fingerprint density at radius 2 is 1.89 bits per heavy atom. The van der Waals surface area contributed by atoms with E-state index in [-0.39, 0.29) is 12.4 Å². The van der Waals surface area contributed by atoms with Gasteiger partial charge in [-0.1, -0.05) is 17.7 Å². The summed E-state index contributed by atoms with van der Waals surface area (Å²) in [5.74, 6) is 0.975. The van der Waals surface area contributed by atoms with Gasteiger partial charge in [-0.25, -0.2) is 4.39 Å². The highest BCUT2D eigenvalue weighted by Gasteiger charge is 2.07. The summed E-state index contributed by atoms with van der Waals surface area (Å²) in [5, 5.41) is 1.51. The second-order valence-electron chi connectivity index (χ2n) is 4.11. The van der Waals surface area contributed by atoms with Crippen molar-refractivity contribution in [3.8, 4) is 5.75 Å². The lowest BCUT2D eigenvalue weighted by molar-refractivity contribution is 0.274. The van der Waals surface area contributed by atoms with Crippen LogP contribution in [0.3, 0.4) is 0 Å². The van der Waals surface area contributed by atoms with E-state index >= 15 is 0 Å². The van der Waals surface area contributed by atoms with Crippen LogP contribution in [0.5, 0.6) is 5.75 Å². The molecule has 1 aromatic heterocycles. The maximum atomic E-state index is 12.7. The van der Waals surface area contributed by atoms with Crippen LogP contribution in [0.15, 0.2) is 52.9 Å². The van der Waals surface area contributed by atoms with E-state index in [1.807, 2.05) is 24.3 Å². The number of hydrogen-bond acceptors (Lipinski definition) is 2. The lowest BCUT2D eigenvalue weighted by Gasteiger charge is -2.03. The summed E-state index contributed by atoms with van der Waals surface area (Å²) in [4.78, 5) is 0. The fourth-order valence-electron chi connectivity index (χ4n) is 1.83. The van der Waals surface area contributed by atoms with Crippen molar-refractivity contribution >= 4 is 22.6 Å². The molecule has 0 N–H and O–H groups in total. The Bertz CT molecular complexity index is 704. The van der Waals surface area contributed by atoms with Crippen molar-refractivity contribution in [2.45, 2.75) is 6.61 Å². The highest BCUT2D eigenvalue weighted by molar-refractivity contribution is 6.35. The zero-order valence-electron chi connectivity index (χ0n) is 9.90. The SMILES string of the molecule is Fc1ccc(OCc2cc3c(Cl)cccc3o2)cc1. The number of fused-ring (bicyclic) bond motifs is 1. The van der Waals surface area contributed by atoms with Gasteiger partial charge in [0.1, 0.15) is 29.5 Å². The number of halogens is 2. The van der Waals surface area contributed by atoms with Gasteiger partial charge >= 0.3 is 0 Å². The maximum Gasteiger partial charge on any atom is 0.146 e. The standard InChI is InChI=1S/C15H10ClFO2/c16-14-2-1-3-15-13(14)8-12(19-15)9-18-11-6-4-10(17)5-7-11/h1-8H,9H2. The number of furan rings is 1. The average Bonchev–Trinajstić information content (AvgIpc) is 2.83. The Morgan fingerprint density at radius 3 is 2.63 bits per heavy atom. The van der Waals surface area contributed by atoms with Crippen molar-refractivity contribution in [3.05, 3.63) is 65.1 Å².